The van der Waals surface area contributed by atoms with E-state index in [-0.39, 0.29) is 24.0 Å². The highest BCUT2D eigenvalue weighted by atomic mass is 127. The van der Waals surface area contributed by atoms with E-state index in [1.54, 1.807) is 0 Å². The van der Waals surface area contributed by atoms with Crippen molar-refractivity contribution in [2.45, 2.75) is 70.1 Å². The second-order valence-corrected chi connectivity index (χ2v) is 10.1. The minimum atomic E-state index is 0. The Hall–Kier alpha value is -0.960. The minimum absolute atomic E-state index is 0. The first-order valence-electron chi connectivity index (χ1n) is 13.2. The van der Waals surface area contributed by atoms with Gasteiger partial charge >= 0.3 is 0 Å². The molecular formula is C28H45IN4S. The van der Waals surface area contributed by atoms with Crippen molar-refractivity contribution in [3.8, 4) is 0 Å². The van der Waals surface area contributed by atoms with E-state index >= 15 is 0 Å². The third-order valence-corrected chi connectivity index (χ3v) is 7.93. The maximum absolute atomic E-state index is 2.59. The molecule has 4 nitrogen and oxygen atoms in total. The fourth-order valence-electron chi connectivity index (χ4n) is 4.48. The van der Waals surface area contributed by atoms with Crippen LogP contribution < -0.4 is 39.1 Å². The first-order valence-corrected chi connectivity index (χ1v) is 14.0. The molecule has 2 aromatic rings. The van der Waals surface area contributed by atoms with Gasteiger partial charge in [0.15, 0.2) is 0 Å². The molecule has 6 heteroatoms. The Bertz CT molecular complexity index is 863. The molecule has 1 heterocycles. The summed E-state index contributed by atoms with van der Waals surface area (Å²) in [5.41, 5.74) is 5.42. The number of likely N-dealkylation sites (N-methyl/N-ethyl adjacent to an activating group) is 2. The van der Waals surface area contributed by atoms with Crippen molar-refractivity contribution < 1.29 is 29.3 Å². The Kier molecular flexibility index (Phi) is 13.1. The van der Waals surface area contributed by atoms with Crippen molar-refractivity contribution >= 4 is 34.5 Å². The number of unbranched alkanes of at least 4 members (excludes halogenated alkanes) is 2. The standard InChI is InChI=1S/C28H44N4S.HI/c1-6-11-17-32(18-12-7-2)24-14-16-26-28(22-24)33-27-21-23(13-15-25(27)29-26)31(10-5)20-19-30(8-3)9-4;/h13-16,21-22,29H,6-12,17-20H2,1-5H3;1H. The van der Waals surface area contributed by atoms with Crippen molar-refractivity contribution in [2.24, 2.45) is 0 Å². The molecule has 190 valence electrons. The van der Waals surface area contributed by atoms with Gasteiger partial charge < -0.3 is 38.7 Å². The number of nitrogens with two attached hydrogens (primary N) is 1. The third-order valence-electron chi connectivity index (χ3n) is 6.78. The largest absolute Gasteiger partial charge is 1.00 e. The molecule has 0 radical (unpaired) electrons. The molecule has 0 fully saturated rings. The van der Waals surface area contributed by atoms with Crippen LogP contribution in [-0.2, 0) is 0 Å². The Balaban J connectivity index is 0.00000408. The number of fused-ring (bicyclic) bond motifs is 2. The number of anilines is 2. The molecule has 2 N–H and O–H groups in total. The van der Waals surface area contributed by atoms with E-state index in [9.17, 15) is 0 Å². The SMILES string of the molecule is CCCCN(CCCC)c1ccc2c(c1)Sc1cc(N(CC)CCN(CC)CC)ccc1[NH2+]2.[I-]. The topological polar surface area (TPSA) is 26.3 Å². The van der Waals surface area contributed by atoms with E-state index in [4.69, 9.17) is 0 Å². The third kappa shape index (κ3) is 7.77. The monoisotopic (exact) mass is 596 g/mol. The second-order valence-electron chi connectivity index (χ2n) is 8.99. The normalized spacial score (nSPS) is 12.2. The van der Waals surface area contributed by atoms with Gasteiger partial charge in [0.1, 0.15) is 11.4 Å². The molecule has 0 aromatic heterocycles. The smallest absolute Gasteiger partial charge is 0.148 e. The molecule has 2 aromatic carbocycles. The summed E-state index contributed by atoms with van der Waals surface area (Å²) in [6, 6.07) is 14.1. The quantitative estimate of drug-likeness (QED) is 0.229. The summed E-state index contributed by atoms with van der Waals surface area (Å²) in [6.07, 6.45) is 5.00. The lowest BCUT2D eigenvalue weighted by Crippen LogP contribution is -3.00. The molecule has 3 rings (SSSR count). The summed E-state index contributed by atoms with van der Waals surface area (Å²) in [5, 5.41) is 2.36. The molecule has 1 aliphatic heterocycles. The highest BCUT2D eigenvalue weighted by Gasteiger charge is 2.23. The first kappa shape index (κ1) is 29.3. The van der Waals surface area contributed by atoms with Crippen LogP contribution in [0.15, 0.2) is 46.2 Å². The Morgan fingerprint density at radius 1 is 0.647 bits per heavy atom. The number of rotatable bonds is 14. The zero-order chi connectivity index (χ0) is 23.6. The van der Waals surface area contributed by atoms with Crippen LogP contribution >= 0.6 is 11.8 Å². The Morgan fingerprint density at radius 3 is 1.65 bits per heavy atom. The summed E-state index contributed by atoms with van der Waals surface area (Å²) in [6.45, 7) is 19.1. The number of nitrogens with zero attached hydrogens (tertiary/aromatic N) is 3. The highest BCUT2D eigenvalue weighted by molar-refractivity contribution is 7.99. The average molecular weight is 597 g/mol. The number of hydrogen-bond acceptors (Lipinski definition) is 4. The van der Waals surface area contributed by atoms with Crippen LogP contribution in [0.2, 0.25) is 0 Å². The van der Waals surface area contributed by atoms with Crippen LogP contribution in [0, 0.1) is 0 Å². The molecule has 0 saturated carbocycles. The molecule has 1 aliphatic rings. The molecule has 0 saturated heterocycles. The van der Waals surface area contributed by atoms with Crippen LogP contribution in [0.3, 0.4) is 0 Å². The predicted octanol–water partition coefficient (Wildman–Crippen LogP) is 3.26. The predicted molar refractivity (Wildman–Crippen MR) is 146 cm³/mol. The van der Waals surface area contributed by atoms with Gasteiger partial charge in [0.2, 0.25) is 0 Å². The lowest BCUT2D eigenvalue weighted by atomic mass is 10.2. The van der Waals surface area contributed by atoms with E-state index < -0.39 is 0 Å². The van der Waals surface area contributed by atoms with Gasteiger partial charge in [-0.1, -0.05) is 52.3 Å². The molecule has 0 atom stereocenters. The first-order chi connectivity index (χ1) is 16.1. The molecule has 0 unspecified atom stereocenters. The molecule has 34 heavy (non-hydrogen) atoms. The zero-order valence-electron chi connectivity index (χ0n) is 21.9. The van der Waals surface area contributed by atoms with E-state index in [0.29, 0.717) is 0 Å². The van der Waals surface area contributed by atoms with Gasteiger partial charge in [-0.3, -0.25) is 5.32 Å². The number of halogens is 1. The van der Waals surface area contributed by atoms with E-state index in [1.165, 1.54) is 58.2 Å². The molecule has 0 amide bonds. The molecule has 0 aliphatic carbocycles. The Morgan fingerprint density at radius 2 is 1.18 bits per heavy atom. The molecular weight excluding hydrogens is 551 g/mol. The van der Waals surface area contributed by atoms with Gasteiger partial charge in [0.25, 0.3) is 0 Å². The van der Waals surface area contributed by atoms with Crippen LogP contribution in [0.4, 0.5) is 22.7 Å². The average Bonchev–Trinajstić information content (AvgIpc) is 2.85. The number of quaternary nitrogens is 1. The van der Waals surface area contributed by atoms with Crippen molar-refractivity contribution in [3.63, 3.8) is 0 Å². The number of benzene rings is 2. The van der Waals surface area contributed by atoms with Crippen LogP contribution in [0.1, 0.15) is 60.3 Å². The highest BCUT2D eigenvalue weighted by Crippen LogP contribution is 2.42. The van der Waals surface area contributed by atoms with Gasteiger partial charge in [-0.2, -0.15) is 0 Å². The summed E-state index contributed by atoms with van der Waals surface area (Å²) >= 11 is 1.94. The summed E-state index contributed by atoms with van der Waals surface area (Å²) in [7, 11) is 0. The van der Waals surface area contributed by atoms with Crippen molar-refractivity contribution in [2.75, 3.05) is 55.6 Å². The van der Waals surface area contributed by atoms with Crippen molar-refractivity contribution in [1.29, 1.82) is 0 Å². The summed E-state index contributed by atoms with van der Waals surface area (Å²) < 4.78 is 0. The fraction of sp³-hybridized carbons (Fsp3) is 0.571. The van der Waals surface area contributed by atoms with Crippen LogP contribution in [0.5, 0.6) is 0 Å². The number of hydrogen-bond donors (Lipinski definition) is 1. The molecule has 0 spiro atoms. The van der Waals surface area contributed by atoms with Crippen LogP contribution in [0.25, 0.3) is 0 Å². The van der Waals surface area contributed by atoms with Gasteiger partial charge in [0.05, 0.1) is 9.79 Å². The van der Waals surface area contributed by atoms with E-state index in [0.717, 1.165) is 45.8 Å². The van der Waals surface area contributed by atoms with Gasteiger partial charge in [-0.15, -0.1) is 0 Å². The van der Waals surface area contributed by atoms with Gasteiger partial charge in [0, 0.05) is 56.2 Å². The van der Waals surface area contributed by atoms with Crippen molar-refractivity contribution in [1.82, 2.24) is 4.90 Å². The van der Waals surface area contributed by atoms with E-state index in [1.807, 2.05) is 11.8 Å². The maximum Gasteiger partial charge on any atom is 0.148 e. The fourth-order valence-corrected chi connectivity index (χ4v) is 5.57. The summed E-state index contributed by atoms with van der Waals surface area (Å²) in [4.78, 5) is 10.4. The lowest BCUT2D eigenvalue weighted by Gasteiger charge is -2.28. The van der Waals surface area contributed by atoms with Gasteiger partial charge in [-0.25, -0.2) is 0 Å². The van der Waals surface area contributed by atoms with Gasteiger partial charge in [-0.05, 0) is 57.1 Å². The van der Waals surface area contributed by atoms with Crippen molar-refractivity contribution in [3.05, 3.63) is 36.4 Å². The second kappa shape index (κ2) is 15.2. The van der Waals surface area contributed by atoms with E-state index in [2.05, 4.69) is 91.0 Å². The minimum Gasteiger partial charge on any atom is -1.00 e. The maximum atomic E-state index is 2.59. The summed E-state index contributed by atoms with van der Waals surface area (Å²) in [5.74, 6) is 0. The van der Waals surface area contributed by atoms with Crippen LogP contribution in [-0.4, -0.2) is 50.7 Å². The molecule has 0 bridgehead atoms. The zero-order valence-corrected chi connectivity index (χ0v) is 24.9. The Labute approximate surface area is 229 Å². The lowest BCUT2D eigenvalue weighted by molar-refractivity contribution is -0.485.